The molecule has 0 spiro atoms. The average molecular weight is 350 g/mol. The lowest BCUT2D eigenvalue weighted by Crippen LogP contribution is -2.36. The normalized spacial score (nSPS) is 22.2. The van der Waals surface area contributed by atoms with Crippen LogP contribution in [0.4, 0.5) is 0 Å². The molecule has 0 fully saturated rings. The Morgan fingerprint density at radius 2 is 1.72 bits per heavy atom. The number of aromatic nitrogens is 1. The molecule has 1 aromatic carbocycles. The van der Waals surface area contributed by atoms with Crippen molar-refractivity contribution in [2.75, 3.05) is 0 Å². The predicted octanol–water partition coefficient (Wildman–Crippen LogP) is 2.85. The van der Waals surface area contributed by atoms with Crippen LogP contribution in [-0.4, -0.2) is 5.11 Å². The molecule has 1 aliphatic heterocycles. The highest BCUT2D eigenvalue weighted by Crippen LogP contribution is 2.41. The molecule has 0 saturated heterocycles. The molecule has 1 aliphatic rings. The topological polar surface area (TPSA) is 24.1 Å². The van der Waals surface area contributed by atoms with Crippen molar-refractivity contribution in [1.82, 2.24) is 0 Å². The van der Waals surface area contributed by atoms with Crippen molar-refractivity contribution in [3.05, 3.63) is 69.6 Å². The molecule has 90 valence electrons. The van der Waals surface area contributed by atoms with E-state index in [1.54, 1.807) is 0 Å². The van der Waals surface area contributed by atoms with Gasteiger partial charge in [0.25, 0.3) is 0 Å². The van der Waals surface area contributed by atoms with Gasteiger partial charge in [0.1, 0.15) is 3.58 Å². The van der Waals surface area contributed by atoms with Crippen LogP contribution < -0.4 is 4.57 Å². The Balaban J connectivity index is 2.30. The van der Waals surface area contributed by atoms with E-state index in [4.69, 9.17) is 0 Å². The molecule has 1 N–H and O–H groups in total. The van der Waals surface area contributed by atoms with Crippen LogP contribution in [0.25, 0.3) is 5.70 Å². The van der Waals surface area contributed by atoms with Gasteiger partial charge in [-0.25, -0.2) is 0 Å². The summed E-state index contributed by atoms with van der Waals surface area (Å²) in [5.41, 5.74) is 2.19. The Labute approximate surface area is 120 Å². The average Bonchev–Trinajstić information content (AvgIpc) is 2.60. The third kappa shape index (κ3) is 1.61. The molecule has 0 bridgehead atoms. The maximum absolute atomic E-state index is 10.7. The third-order valence-electron chi connectivity index (χ3n) is 3.28. The zero-order valence-electron chi connectivity index (χ0n) is 9.97. The standard InChI is InChI=1S/C15H13INO/c1-15(18)12-9-5-6-10-17(12)13(14(15)16)11-7-3-2-4-8-11/h2-10,18H,1H3/q+1. The molecule has 1 unspecified atom stereocenters. The summed E-state index contributed by atoms with van der Waals surface area (Å²) in [5.74, 6) is 0. The van der Waals surface area contributed by atoms with Crippen molar-refractivity contribution in [2.24, 2.45) is 0 Å². The molecule has 3 heteroatoms. The van der Waals surface area contributed by atoms with Crippen molar-refractivity contribution in [2.45, 2.75) is 12.5 Å². The number of benzene rings is 1. The highest BCUT2D eigenvalue weighted by molar-refractivity contribution is 14.1. The molecule has 0 amide bonds. The molecular weight excluding hydrogens is 337 g/mol. The Morgan fingerprint density at radius 3 is 2.44 bits per heavy atom. The van der Waals surface area contributed by atoms with E-state index in [-0.39, 0.29) is 0 Å². The lowest BCUT2D eigenvalue weighted by atomic mass is 10.0. The minimum Gasteiger partial charge on any atom is -0.374 e. The van der Waals surface area contributed by atoms with Crippen LogP contribution >= 0.6 is 22.6 Å². The van der Waals surface area contributed by atoms with Crippen molar-refractivity contribution >= 4 is 28.3 Å². The molecule has 2 aromatic rings. The molecular formula is C15H13INO+. The van der Waals surface area contributed by atoms with Gasteiger partial charge in [0, 0.05) is 17.7 Å². The van der Waals surface area contributed by atoms with E-state index in [0.29, 0.717) is 0 Å². The highest BCUT2D eigenvalue weighted by Gasteiger charge is 2.47. The van der Waals surface area contributed by atoms with Crippen LogP contribution in [0.15, 0.2) is 58.3 Å². The largest absolute Gasteiger partial charge is 0.374 e. The minimum absolute atomic E-state index is 0.910. The molecule has 1 aromatic heterocycles. The van der Waals surface area contributed by atoms with Crippen LogP contribution in [0.3, 0.4) is 0 Å². The summed E-state index contributed by atoms with van der Waals surface area (Å²) in [6.45, 7) is 1.84. The van der Waals surface area contributed by atoms with Crippen LogP contribution in [0, 0.1) is 0 Å². The lowest BCUT2D eigenvalue weighted by Gasteiger charge is -2.11. The molecule has 0 saturated carbocycles. The number of hydrogen-bond donors (Lipinski definition) is 1. The van der Waals surface area contributed by atoms with E-state index >= 15 is 0 Å². The van der Waals surface area contributed by atoms with E-state index in [2.05, 4.69) is 39.3 Å². The summed E-state index contributed by atoms with van der Waals surface area (Å²) in [7, 11) is 0. The number of nitrogens with zero attached hydrogens (tertiary/aromatic N) is 1. The van der Waals surface area contributed by atoms with Crippen LogP contribution in [-0.2, 0) is 5.60 Å². The van der Waals surface area contributed by atoms with Crippen LogP contribution in [0.1, 0.15) is 18.2 Å². The SMILES string of the molecule is CC1(O)C(I)=C(c2ccccc2)[n+]2ccccc21. The summed E-state index contributed by atoms with van der Waals surface area (Å²) >= 11 is 2.24. The predicted molar refractivity (Wildman–Crippen MR) is 79.0 cm³/mol. The molecule has 2 heterocycles. The number of aliphatic hydroxyl groups is 1. The Morgan fingerprint density at radius 1 is 1.06 bits per heavy atom. The quantitative estimate of drug-likeness (QED) is 0.621. The van der Waals surface area contributed by atoms with E-state index in [9.17, 15) is 5.11 Å². The monoisotopic (exact) mass is 350 g/mol. The van der Waals surface area contributed by atoms with Gasteiger partial charge in [0.05, 0.1) is 0 Å². The van der Waals surface area contributed by atoms with Gasteiger partial charge in [-0.1, -0.05) is 18.2 Å². The molecule has 0 aliphatic carbocycles. The van der Waals surface area contributed by atoms with Crippen molar-refractivity contribution in [3.63, 3.8) is 0 Å². The molecule has 0 radical (unpaired) electrons. The maximum atomic E-state index is 10.7. The van der Waals surface area contributed by atoms with Gasteiger partial charge in [0.2, 0.25) is 11.4 Å². The second kappa shape index (κ2) is 4.17. The summed E-state index contributed by atoms with van der Waals surface area (Å²) in [6.07, 6.45) is 2.00. The van der Waals surface area contributed by atoms with Crippen molar-refractivity contribution in [3.8, 4) is 0 Å². The van der Waals surface area contributed by atoms with Gasteiger partial charge in [-0.05, 0) is 47.7 Å². The number of fused-ring (bicyclic) bond motifs is 1. The second-order valence-corrected chi connectivity index (χ2v) is 5.64. The zero-order chi connectivity index (χ0) is 12.8. The fourth-order valence-corrected chi connectivity index (χ4v) is 3.19. The first-order chi connectivity index (χ1) is 8.62. The molecule has 18 heavy (non-hydrogen) atoms. The van der Waals surface area contributed by atoms with Crippen LogP contribution in [0.5, 0.6) is 0 Å². The summed E-state index contributed by atoms with van der Waals surface area (Å²) in [6, 6.07) is 16.1. The zero-order valence-corrected chi connectivity index (χ0v) is 12.1. The second-order valence-electron chi connectivity index (χ2n) is 4.56. The molecule has 3 rings (SSSR count). The summed E-state index contributed by atoms with van der Waals surface area (Å²) in [5, 5.41) is 10.7. The van der Waals surface area contributed by atoms with Crippen molar-refractivity contribution < 1.29 is 9.67 Å². The molecule has 1 atom stereocenters. The van der Waals surface area contributed by atoms with E-state index < -0.39 is 5.60 Å². The van der Waals surface area contributed by atoms with Gasteiger partial charge in [0.15, 0.2) is 11.8 Å². The lowest BCUT2D eigenvalue weighted by molar-refractivity contribution is -0.588. The maximum Gasteiger partial charge on any atom is 0.231 e. The highest BCUT2D eigenvalue weighted by atomic mass is 127. The number of rotatable bonds is 1. The van der Waals surface area contributed by atoms with E-state index in [1.807, 2.05) is 49.5 Å². The van der Waals surface area contributed by atoms with E-state index in [0.717, 1.165) is 20.5 Å². The van der Waals surface area contributed by atoms with Gasteiger partial charge in [-0.2, -0.15) is 4.57 Å². The smallest absolute Gasteiger partial charge is 0.231 e. The first kappa shape index (κ1) is 11.9. The number of pyridine rings is 1. The first-order valence-electron chi connectivity index (χ1n) is 5.82. The van der Waals surface area contributed by atoms with Crippen molar-refractivity contribution in [1.29, 1.82) is 0 Å². The summed E-state index contributed by atoms with van der Waals surface area (Å²) in [4.78, 5) is 0. The van der Waals surface area contributed by atoms with Gasteiger partial charge < -0.3 is 5.11 Å². The minimum atomic E-state index is -0.910. The number of halogens is 1. The van der Waals surface area contributed by atoms with Gasteiger partial charge in [-0.3, -0.25) is 0 Å². The fraction of sp³-hybridized carbons (Fsp3) is 0.133. The van der Waals surface area contributed by atoms with E-state index in [1.165, 1.54) is 0 Å². The van der Waals surface area contributed by atoms with Gasteiger partial charge >= 0.3 is 0 Å². The number of hydrogen-bond acceptors (Lipinski definition) is 1. The Bertz CT molecular complexity index is 632. The third-order valence-corrected chi connectivity index (χ3v) is 4.84. The summed E-state index contributed by atoms with van der Waals surface area (Å²) < 4.78 is 3.02. The molecule has 2 nitrogen and oxygen atoms in total. The van der Waals surface area contributed by atoms with Crippen LogP contribution in [0.2, 0.25) is 0 Å². The fourth-order valence-electron chi connectivity index (χ4n) is 2.35. The Kier molecular flexibility index (Phi) is 2.75. The van der Waals surface area contributed by atoms with Gasteiger partial charge in [-0.15, -0.1) is 0 Å². The Hall–Kier alpha value is -1.20. The first-order valence-corrected chi connectivity index (χ1v) is 6.90.